The second-order valence-corrected chi connectivity index (χ2v) is 5.08. The fourth-order valence-corrected chi connectivity index (χ4v) is 2.30. The number of hydrogen-bond donors (Lipinski definition) is 1. The summed E-state index contributed by atoms with van der Waals surface area (Å²) in [7, 11) is 0. The highest BCUT2D eigenvalue weighted by atomic mass is 19.1. The van der Waals surface area contributed by atoms with E-state index < -0.39 is 0 Å². The summed E-state index contributed by atoms with van der Waals surface area (Å²) in [5, 5.41) is 3.32. The summed E-state index contributed by atoms with van der Waals surface area (Å²) in [4.78, 5) is 4.00. The summed E-state index contributed by atoms with van der Waals surface area (Å²) < 4.78 is 21.4. The largest absolute Gasteiger partial charge is 0.460 e. The van der Waals surface area contributed by atoms with Crippen LogP contribution >= 0.6 is 0 Å². The second-order valence-electron chi connectivity index (χ2n) is 5.08. The zero-order valence-electron chi connectivity index (χ0n) is 12.2. The van der Waals surface area contributed by atoms with Crippen molar-refractivity contribution in [1.29, 1.82) is 0 Å². The van der Waals surface area contributed by atoms with Crippen LogP contribution in [0.3, 0.4) is 0 Å². The van der Waals surface area contributed by atoms with Crippen molar-refractivity contribution in [3.8, 4) is 11.3 Å². The molecule has 4 nitrogen and oxygen atoms in total. The molecule has 0 aliphatic rings. The monoisotopic (exact) mass is 299 g/mol. The Morgan fingerprint density at radius 3 is 2.91 bits per heavy atom. The SMILES string of the molecule is Fc1ccccc1-c1ccc(CNCCCn2ccnc2)o1. The molecule has 114 valence electrons. The van der Waals surface area contributed by atoms with Gasteiger partial charge in [0.1, 0.15) is 17.3 Å². The normalized spacial score (nSPS) is 11.0. The van der Waals surface area contributed by atoms with Gasteiger partial charge in [0.25, 0.3) is 0 Å². The molecule has 3 aromatic rings. The van der Waals surface area contributed by atoms with Crippen molar-refractivity contribution in [2.24, 2.45) is 0 Å². The Balaban J connectivity index is 1.47. The molecule has 0 radical (unpaired) electrons. The zero-order chi connectivity index (χ0) is 15.2. The smallest absolute Gasteiger partial charge is 0.137 e. The first kappa shape index (κ1) is 14.5. The van der Waals surface area contributed by atoms with Crippen molar-refractivity contribution in [3.63, 3.8) is 0 Å². The lowest BCUT2D eigenvalue weighted by Crippen LogP contribution is -2.15. The summed E-state index contributed by atoms with van der Waals surface area (Å²) in [5.74, 6) is 1.10. The molecule has 0 unspecified atom stereocenters. The maximum atomic E-state index is 13.7. The van der Waals surface area contributed by atoms with E-state index in [4.69, 9.17) is 4.42 Å². The van der Waals surface area contributed by atoms with Crippen LogP contribution in [0, 0.1) is 5.82 Å². The van der Waals surface area contributed by atoms with Crippen LogP contribution in [-0.4, -0.2) is 16.1 Å². The van der Waals surface area contributed by atoms with E-state index >= 15 is 0 Å². The maximum Gasteiger partial charge on any atom is 0.137 e. The molecule has 2 aromatic heterocycles. The molecule has 0 aliphatic heterocycles. The van der Waals surface area contributed by atoms with Gasteiger partial charge in [-0.15, -0.1) is 0 Å². The number of nitrogens with one attached hydrogen (secondary N) is 1. The summed E-state index contributed by atoms with van der Waals surface area (Å²) in [6.07, 6.45) is 6.55. The van der Waals surface area contributed by atoms with Gasteiger partial charge in [0.05, 0.1) is 18.4 Å². The minimum atomic E-state index is -0.267. The maximum absolute atomic E-state index is 13.7. The first-order valence-electron chi connectivity index (χ1n) is 7.33. The third-order valence-corrected chi connectivity index (χ3v) is 3.43. The Bertz CT molecular complexity index is 706. The molecule has 5 heteroatoms. The van der Waals surface area contributed by atoms with Crippen LogP contribution in [0.2, 0.25) is 0 Å². The molecule has 1 aromatic carbocycles. The predicted octanol–water partition coefficient (Wildman–Crippen LogP) is 3.46. The van der Waals surface area contributed by atoms with Gasteiger partial charge in [-0.2, -0.15) is 0 Å². The van der Waals surface area contributed by atoms with Crippen molar-refractivity contribution in [2.45, 2.75) is 19.5 Å². The van der Waals surface area contributed by atoms with Gasteiger partial charge in [-0.1, -0.05) is 12.1 Å². The molecule has 1 N–H and O–H groups in total. The van der Waals surface area contributed by atoms with E-state index in [0.29, 0.717) is 17.9 Å². The summed E-state index contributed by atoms with van der Waals surface area (Å²) >= 11 is 0. The van der Waals surface area contributed by atoms with Crippen LogP contribution in [-0.2, 0) is 13.1 Å². The average molecular weight is 299 g/mol. The summed E-state index contributed by atoms with van der Waals surface area (Å²) in [6.45, 7) is 2.46. The van der Waals surface area contributed by atoms with Crippen molar-refractivity contribution in [3.05, 3.63) is 66.7 Å². The number of rotatable bonds is 7. The van der Waals surface area contributed by atoms with E-state index in [0.717, 1.165) is 25.3 Å². The molecule has 0 atom stereocenters. The van der Waals surface area contributed by atoms with Crippen molar-refractivity contribution >= 4 is 0 Å². The van der Waals surface area contributed by atoms with Crippen molar-refractivity contribution < 1.29 is 8.81 Å². The fourth-order valence-electron chi connectivity index (χ4n) is 2.30. The van der Waals surface area contributed by atoms with Crippen molar-refractivity contribution in [2.75, 3.05) is 6.54 Å². The molecule has 0 fully saturated rings. The third-order valence-electron chi connectivity index (χ3n) is 3.43. The Morgan fingerprint density at radius 1 is 1.18 bits per heavy atom. The van der Waals surface area contributed by atoms with E-state index in [2.05, 4.69) is 10.3 Å². The fraction of sp³-hybridized carbons (Fsp3) is 0.235. The topological polar surface area (TPSA) is 43.0 Å². The lowest BCUT2D eigenvalue weighted by atomic mass is 10.1. The Hall–Kier alpha value is -2.40. The number of nitrogens with zero attached hydrogens (tertiary/aromatic N) is 2. The molecule has 0 saturated carbocycles. The van der Waals surface area contributed by atoms with Crippen LogP contribution in [0.1, 0.15) is 12.2 Å². The minimum Gasteiger partial charge on any atom is -0.460 e. The molecule has 2 heterocycles. The highest BCUT2D eigenvalue weighted by Gasteiger charge is 2.08. The average Bonchev–Trinajstić information content (AvgIpc) is 3.19. The first-order valence-corrected chi connectivity index (χ1v) is 7.33. The third kappa shape index (κ3) is 3.62. The number of imidazole rings is 1. The van der Waals surface area contributed by atoms with Gasteiger partial charge in [-0.3, -0.25) is 0 Å². The van der Waals surface area contributed by atoms with Crippen LogP contribution in [0.25, 0.3) is 11.3 Å². The van der Waals surface area contributed by atoms with E-state index in [-0.39, 0.29) is 5.82 Å². The van der Waals surface area contributed by atoms with E-state index in [1.807, 2.05) is 23.2 Å². The van der Waals surface area contributed by atoms with E-state index in [1.165, 1.54) is 6.07 Å². The number of benzene rings is 1. The molecular weight excluding hydrogens is 281 g/mol. The van der Waals surface area contributed by atoms with E-state index in [9.17, 15) is 4.39 Å². The summed E-state index contributed by atoms with van der Waals surface area (Å²) in [6, 6.07) is 10.3. The van der Waals surface area contributed by atoms with Gasteiger partial charge in [0.15, 0.2) is 0 Å². The minimum absolute atomic E-state index is 0.267. The molecular formula is C17H18FN3O. The Morgan fingerprint density at radius 2 is 2.09 bits per heavy atom. The van der Waals surface area contributed by atoms with Crippen LogP contribution in [0.4, 0.5) is 4.39 Å². The molecule has 3 rings (SSSR count). The van der Waals surface area contributed by atoms with Crippen LogP contribution < -0.4 is 5.32 Å². The van der Waals surface area contributed by atoms with Crippen LogP contribution in [0.15, 0.2) is 59.5 Å². The van der Waals surface area contributed by atoms with Gasteiger partial charge >= 0.3 is 0 Å². The number of furan rings is 1. The quantitative estimate of drug-likeness (QED) is 0.679. The van der Waals surface area contributed by atoms with Gasteiger partial charge < -0.3 is 14.3 Å². The standard InChI is InChI=1S/C17H18FN3O/c18-16-5-2-1-4-15(16)17-7-6-14(22-17)12-19-8-3-10-21-11-9-20-13-21/h1-2,4-7,9,11,13,19H,3,8,10,12H2. The van der Waals surface area contributed by atoms with Gasteiger partial charge in [-0.05, 0) is 37.2 Å². The number of aryl methyl sites for hydroxylation is 1. The predicted molar refractivity (Wildman–Crippen MR) is 82.7 cm³/mol. The zero-order valence-corrected chi connectivity index (χ0v) is 12.2. The molecule has 0 aliphatic carbocycles. The highest BCUT2D eigenvalue weighted by Crippen LogP contribution is 2.24. The van der Waals surface area contributed by atoms with E-state index in [1.54, 1.807) is 30.5 Å². The van der Waals surface area contributed by atoms with Crippen molar-refractivity contribution in [1.82, 2.24) is 14.9 Å². The lowest BCUT2D eigenvalue weighted by Gasteiger charge is -2.04. The Labute approximate surface area is 128 Å². The molecule has 0 amide bonds. The highest BCUT2D eigenvalue weighted by molar-refractivity contribution is 5.58. The summed E-state index contributed by atoms with van der Waals surface area (Å²) in [5.41, 5.74) is 0.494. The second kappa shape index (κ2) is 7.04. The number of halogens is 1. The molecule has 22 heavy (non-hydrogen) atoms. The molecule has 0 saturated heterocycles. The first-order chi connectivity index (χ1) is 10.8. The number of aromatic nitrogens is 2. The van der Waals surface area contributed by atoms with Gasteiger partial charge in [0, 0.05) is 18.9 Å². The van der Waals surface area contributed by atoms with Gasteiger partial charge in [0.2, 0.25) is 0 Å². The Kier molecular flexibility index (Phi) is 4.65. The number of hydrogen-bond acceptors (Lipinski definition) is 3. The molecule has 0 bridgehead atoms. The van der Waals surface area contributed by atoms with Crippen LogP contribution in [0.5, 0.6) is 0 Å². The molecule has 0 spiro atoms. The van der Waals surface area contributed by atoms with Gasteiger partial charge in [-0.25, -0.2) is 9.37 Å². The lowest BCUT2D eigenvalue weighted by molar-refractivity contribution is 0.482.